The molecule has 2 heterocycles. The average Bonchev–Trinajstić information content (AvgIpc) is 2.09. The molecule has 0 aromatic heterocycles. The summed E-state index contributed by atoms with van der Waals surface area (Å²) < 4.78 is 0. The van der Waals surface area contributed by atoms with Gasteiger partial charge in [-0.15, -0.1) is 0 Å². The molecule has 1 fully saturated rings. The summed E-state index contributed by atoms with van der Waals surface area (Å²) in [4.78, 5) is 0. The van der Waals surface area contributed by atoms with Gasteiger partial charge >= 0.3 is 0 Å². The van der Waals surface area contributed by atoms with E-state index in [9.17, 15) is 0 Å². The number of fused-ring (bicyclic) bond motifs is 2. The van der Waals surface area contributed by atoms with Crippen LogP contribution in [0.25, 0.3) is 0 Å². The molecular weight excluding hydrogens is 110 g/mol. The summed E-state index contributed by atoms with van der Waals surface area (Å²) in [7, 11) is 0. The van der Waals surface area contributed by atoms with E-state index in [-0.39, 0.29) is 0 Å². The van der Waals surface area contributed by atoms with Crippen LogP contribution in [0.15, 0.2) is 12.2 Å². The second-order valence-corrected chi connectivity index (χ2v) is 3.23. The number of hydrogen-bond acceptors (Lipinski definition) is 0. The van der Waals surface area contributed by atoms with E-state index in [4.69, 9.17) is 0 Å². The molecule has 2 aliphatic heterocycles. The number of quaternary nitrogens is 1. The summed E-state index contributed by atoms with van der Waals surface area (Å²) in [6, 6.07) is 1.88. The molecule has 1 nitrogen and oxygen atoms in total. The average molecular weight is 124 g/mol. The summed E-state index contributed by atoms with van der Waals surface area (Å²) in [6.07, 6.45) is 10.2. The van der Waals surface area contributed by atoms with Crippen LogP contribution in [0.3, 0.4) is 0 Å². The molecule has 0 saturated carbocycles. The molecule has 2 rings (SSSR count). The topological polar surface area (TPSA) is 16.6 Å². The van der Waals surface area contributed by atoms with E-state index in [1.54, 1.807) is 0 Å². The van der Waals surface area contributed by atoms with Gasteiger partial charge in [0.25, 0.3) is 0 Å². The molecule has 0 spiro atoms. The molecule has 0 amide bonds. The van der Waals surface area contributed by atoms with Crippen LogP contribution in [0.5, 0.6) is 0 Å². The fourth-order valence-corrected chi connectivity index (χ4v) is 1.94. The Hall–Kier alpha value is -0.300. The predicted molar refractivity (Wildman–Crippen MR) is 37.1 cm³/mol. The number of nitrogens with two attached hydrogens (primary N) is 1. The molecule has 0 aliphatic carbocycles. The molecule has 0 aromatic rings. The van der Waals surface area contributed by atoms with E-state index in [1.165, 1.54) is 25.7 Å². The predicted octanol–water partition coefficient (Wildman–Crippen LogP) is 0.431. The van der Waals surface area contributed by atoms with E-state index in [0.717, 1.165) is 12.1 Å². The van der Waals surface area contributed by atoms with Crippen molar-refractivity contribution in [3.63, 3.8) is 0 Å². The fourth-order valence-electron chi connectivity index (χ4n) is 1.94. The summed E-state index contributed by atoms with van der Waals surface area (Å²) >= 11 is 0. The van der Waals surface area contributed by atoms with Crippen LogP contribution in [0.2, 0.25) is 0 Å². The van der Waals surface area contributed by atoms with Crippen molar-refractivity contribution in [3.8, 4) is 0 Å². The Balaban J connectivity index is 2.08. The molecule has 0 aromatic carbocycles. The van der Waals surface area contributed by atoms with Crippen LogP contribution in [0, 0.1) is 0 Å². The summed E-state index contributed by atoms with van der Waals surface area (Å²) in [5, 5.41) is 2.56. The third-order valence-electron chi connectivity index (χ3n) is 2.50. The van der Waals surface area contributed by atoms with Gasteiger partial charge in [-0.1, -0.05) is 12.2 Å². The first kappa shape index (κ1) is 5.48. The molecular formula is C8H14N+. The molecule has 50 valence electrons. The molecule has 0 unspecified atom stereocenters. The monoisotopic (exact) mass is 124 g/mol. The highest BCUT2D eigenvalue weighted by Crippen LogP contribution is 2.14. The lowest BCUT2D eigenvalue weighted by Crippen LogP contribution is -2.90. The van der Waals surface area contributed by atoms with Crippen molar-refractivity contribution in [2.45, 2.75) is 37.8 Å². The first-order chi connectivity index (χ1) is 4.45. The second-order valence-electron chi connectivity index (χ2n) is 3.23. The minimum Gasteiger partial charge on any atom is -0.341 e. The van der Waals surface area contributed by atoms with Gasteiger partial charge in [0.05, 0.1) is 12.1 Å². The van der Waals surface area contributed by atoms with Crippen LogP contribution >= 0.6 is 0 Å². The lowest BCUT2D eigenvalue weighted by atomic mass is 10.1. The van der Waals surface area contributed by atoms with Crippen molar-refractivity contribution < 1.29 is 5.32 Å². The van der Waals surface area contributed by atoms with E-state index < -0.39 is 0 Å². The number of rotatable bonds is 0. The maximum Gasteiger partial charge on any atom is 0.0898 e. The van der Waals surface area contributed by atoms with Gasteiger partial charge < -0.3 is 5.32 Å². The van der Waals surface area contributed by atoms with Crippen molar-refractivity contribution >= 4 is 0 Å². The number of hydrogen-bond donors (Lipinski definition) is 1. The standard InChI is InChI=1S/C8H13N/c1-2-4-8-6-5-7(3-1)9-8/h1-2,7-9H,3-6H2/p+1/t7-,8+. The Labute approximate surface area is 56.1 Å². The molecule has 2 N–H and O–H groups in total. The third-order valence-corrected chi connectivity index (χ3v) is 2.50. The Morgan fingerprint density at radius 1 is 1.00 bits per heavy atom. The van der Waals surface area contributed by atoms with E-state index >= 15 is 0 Å². The minimum atomic E-state index is 0.939. The second kappa shape index (κ2) is 2.14. The van der Waals surface area contributed by atoms with Crippen LogP contribution < -0.4 is 5.32 Å². The van der Waals surface area contributed by atoms with Gasteiger partial charge in [-0.25, -0.2) is 0 Å². The Kier molecular flexibility index (Phi) is 1.31. The highest BCUT2D eigenvalue weighted by atomic mass is 15.0. The Morgan fingerprint density at radius 2 is 1.56 bits per heavy atom. The summed E-state index contributed by atoms with van der Waals surface area (Å²) in [5.41, 5.74) is 0. The van der Waals surface area contributed by atoms with Gasteiger partial charge in [0.1, 0.15) is 0 Å². The maximum atomic E-state index is 2.56. The SMILES string of the molecule is C1=CC[C@H]2CC[C@@H](C1)[NH2+]2. The van der Waals surface area contributed by atoms with Crippen LogP contribution in [0.4, 0.5) is 0 Å². The van der Waals surface area contributed by atoms with Crippen molar-refractivity contribution in [3.05, 3.63) is 12.2 Å². The zero-order valence-electron chi connectivity index (χ0n) is 5.72. The molecule has 0 radical (unpaired) electrons. The highest BCUT2D eigenvalue weighted by molar-refractivity contribution is 4.91. The highest BCUT2D eigenvalue weighted by Gasteiger charge is 2.27. The van der Waals surface area contributed by atoms with Gasteiger partial charge in [-0.3, -0.25) is 0 Å². The molecule has 2 atom stereocenters. The molecule has 2 aliphatic rings. The summed E-state index contributed by atoms with van der Waals surface area (Å²) in [6.45, 7) is 0. The Morgan fingerprint density at radius 3 is 2.11 bits per heavy atom. The van der Waals surface area contributed by atoms with Crippen LogP contribution in [0.1, 0.15) is 25.7 Å². The fraction of sp³-hybridized carbons (Fsp3) is 0.750. The molecule has 9 heavy (non-hydrogen) atoms. The van der Waals surface area contributed by atoms with Gasteiger partial charge in [0.15, 0.2) is 0 Å². The van der Waals surface area contributed by atoms with Gasteiger partial charge in [0, 0.05) is 25.7 Å². The van der Waals surface area contributed by atoms with Crippen molar-refractivity contribution in [1.29, 1.82) is 0 Å². The van der Waals surface area contributed by atoms with Crippen molar-refractivity contribution in [2.24, 2.45) is 0 Å². The largest absolute Gasteiger partial charge is 0.341 e. The van der Waals surface area contributed by atoms with Crippen molar-refractivity contribution in [2.75, 3.05) is 0 Å². The molecule has 1 heteroatoms. The van der Waals surface area contributed by atoms with E-state index in [1.807, 2.05) is 0 Å². The lowest BCUT2D eigenvalue weighted by molar-refractivity contribution is -0.699. The lowest BCUT2D eigenvalue weighted by Gasteiger charge is -2.03. The first-order valence-corrected chi connectivity index (χ1v) is 3.95. The quantitative estimate of drug-likeness (QED) is 0.451. The zero-order valence-corrected chi connectivity index (χ0v) is 5.72. The third kappa shape index (κ3) is 1.01. The van der Waals surface area contributed by atoms with E-state index in [2.05, 4.69) is 17.5 Å². The smallest absolute Gasteiger partial charge is 0.0898 e. The van der Waals surface area contributed by atoms with E-state index in [0.29, 0.717) is 0 Å². The van der Waals surface area contributed by atoms with Gasteiger partial charge in [-0.05, 0) is 0 Å². The normalized spacial score (nSPS) is 40.9. The minimum absolute atomic E-state index is 0.939. The van der Waals surface area contributed by atoms with Crippen molar-refractivity contribution in [1.82, 2.24) is 0 Å². The van der Waals surface area contributed by atoms with Gasteiger partial charge in [-0.2, -0.15) is 0 Å². The van der Waals surface area contributed by atoms with Crippen LogP contribution in [-0.2, 0) is 0 Å². The summed E-state index contributed by atoms with van der Waals surface area (Å²) in [5.74, 6) is 0. The zero-order chi connectivity index (χ0) is 6.10. The maximum absolute atomic E-state index is 2.56. The first-order valence-electron chi connectivity index (χ1n) is 3.95. The Bertz CT molecular complexity index is 115. The van der Waals surface area contributed by atoms with Gasteiger partial charge in [0.2, 0.25) is 0 Å². The van der Waals surface area contributed by atoms with Crippen LogP contribution in [-0.4, -0.2) is 12.1 Å². The molecule has 1 saturated heterocycles. The molecule has 2 bridgehead atoms.